The van der Waals surface area contributed by atoms with Crippen LogP contribution in [-0.2, 0) is 11.2 Å². The molecule has 6 heteroatoms. The molecule has 1 N–H and O–H groups in total. The third-order valence-corrected chi connectivity index (χ3v) is 4.81. The molecule has 0 fully saturated rings. The molecule has 1 heterocycles. The van der Waals surface area contributed by atoms with Crippen molar-refractivity contribution < 1.29 is 9.21 Å². The van der Waals surface area contributed by atoms with Crippen molar-refractivity contribution in [2.75, 3.05) is 5.32 Å². The van der Waals surface area contributed by atoms with Crippen LogP contribution in [0.3, 0.4) is 0 Å². The highest BCUT2D eigenvalue weighted by Crippen LogP contribution is 2.32. The Kier molecular flexibility index (Phi) is 4.92. The van der Waals surface area contributed by atoms with Gasteiger partial charge in [-0.15, -0.1) is 0 Å². The Bertz CT molecular complexity index is 905. The predicted molar refractivity (Wildman–Crippen MR) is 100.0 cm³/mol. The number of oxazole rings is 1. The number of anilines is 2. The monoisotopic (exact) mass is 406 g/mol. The number of benzene rings is 2. The van der Waals surface area contributed by atoms with E-state index < -0.39 is 0 Å². The van der Waals surface area contributed by atoms with Crippen LogP contribution >= 0.6 is 27.5 Å². The van der Waals surface area contributed by atoms with Gasteiger partial charge in [0.15, 0.2) is 5.58 Å². The number of nitrogens with one attached hydrogen (secondary N) is 1. The van der Waals surface area contributed by atoms with E-state index in [1.807, 2.05) is 50.2 Å². The van der Waals surface area contributed by atoms with E-state index in [0.717, 1.165) is 15.7 Å². The topological polar surface area (TPSA) is 55.1 Å². The Morgan fingerprint density at radius 1 is 1.29 bits per heavy atom. The summed E-state index contributed by atoms with van der Waals surface area (Å²) in [5.74, 6) is 0.112. The molecule has 0 aliphatic rings. The van der Waals surface area contributed by atoms with Crippen molar-refractivity contribution in [2.45, 2.75) is 20.3 Å². The Morgan fingerprint density at radius 2 is 2.04 bits per heavy atom. The first-order chi connectivity index (χ1) is 11.5. The van der Waals surface area contributed by atoms with Gasteiger partial charge in [-0.3, -0.25) is 4.79 Å². The van der Waals surface area contributed by atoms with Crippen molar-refractivity contribution in [3.05, 3.63) is 51.5 Å². The molecule has 4 nitrogen and oxygen atoms in total. The van der Waals surface area contributed by atoms with E-state index in [1.54, 1.807) is 0 Å². The van der Waals surface area contributed by atoms with Crippen LogP contribution in [0.25, 0.3) is 11.1 Å². The summed E-state index contributed by atoms with van der Waals surface area (Å²) in [6.45, 7) is 3.76. The van der Waals surface area contributed by atoms with Crippen molar-refractivity contribution in [1.82, 2.24) is 4.98 Å². The standard InChI is InChI=1S/C18H16BrClN2O2/c1-10(2)15(23)9-11-7-8-14-17(16(11)20)24-18(22-14)21-13-6-4-3-5-12(13)19/h3-8,10H,9H2,1-2H3,(H,21,22). The molecule has 0 radical (unpaired) electrons. The van der Waals surface area contributed by atoms with Gasteiger partial charge in [-0.1, -0.05) is 43.6 Å². The first kappa shape index (κ1) is 17.0. The molecular formula is C18H16BrClN2O2. The maximum atomic E-state index is 12.0. The Balaban J connectivity index is 1.92. The number of ketones is 1. The molecule has 0 aliphatic carbocycles. The zero-order chi connectivity index (χ0) is 17.3. The maximum Gasteiger partial charge on any atom is 0.300 e. The largest absolute Gasteiger partial charge is 0.422 e. The van der Waals surface area contributed by atoms with Gasteiger partial charge in [0.05, 0.1) is 10.7 Å². The highest BCUT2D eigenvalue weighted by molar-refractivity contribution is 9.10. The Labute approximate surface area is 153 Å². The number of Topliss-reactive ketones (excluding diaryl/α,β-unsaturated/α-hetero) is 1. The maximum absolute atomic E-state index is 12.0. The third kappa shape index (κ3) is 3.47. The van der Waals surface area contributed by atoms with E-state index >= 15 is 0 Å². The van der Waals surface area contributed by atoms with Crippen LogP contribution < -0.4 is 5.32 Å². The number of carbonyl (C=O) groups excluding carboxylic acids is 1. The van der Waals surface area contributed by atoms with Gasteiger partial charge < -0.3 is 9.73 Å². The minimum absolute atomic E-state index is 0.0286. The number of halogens is 2. The molecule has 0 spiro atoms. The number of aromatic nitrogens is 1. The van der Waals surface area contributed by atoms with Gasteiger partial charge in [-0.25, -0.2) is 0 Å². The van der Waals surface area contributed by atoms with Crippen LogP contribution in [0, 0.1) is 5.92 Å². The quantitative estimate of drug-likeness (QED) is 0.584. The molecule has 3 rings (SSSR count). The highest BCUT2D eigenvalue weighted by atomic mass is 79.9. The number of hydrogen-bond acceptors (Lipinski definition) is 4. The fourth-order valence-electron chi connectivity index (χ4n) is 2.26. The minimum atomic E-state index is -0.0286. The van der Waals surface area contributed by atoms with Crippen molar-refractivity contribution in [3.63, 3.8) is 0 Å². The summed E-state index contributed by atoms with van der Waals surface area (Å²) in [7, 11) is 0. The van der Waals surface area contributed by atoms with Crippen molar-refractivity contribution in [2.24, 2.45) is 5.92 Å². The van der Waals surface area contributed by atoms with Gasteiger partial charge in [0.2, 0.25) is 0 Å². The molecule has 0 amide bonds. The fraction of sp³-hybridized carbons (Fsp3) is 0.222. The molecule has 124 valence electrons. The van der Waals surface area contributed by atoms with Gasteiger partial charge in [0.25, 0.3) is 6.01 Å². The molecule has 1 aromatic heterocycles. The molecule has 0 aliphatic heterocycles. The summed E-state index contributed by atoms with van der Waals surface area (Å²) >= 11 is 9.88. The Morgan fingerprint density at radius 3 is 2.75 bits per heavy atom. The third-order valence-electron chi connectivity index (χ3n) is 3.70. The van der Waals surface area contributed by atoms with E-state index in [1.165, 1.54) is 0 Å². The second kappa shape index (κ2) is 6.95. The second-order valence-electron chi connectivity index (χ2n) is 5.81. The lowest BCUT2D eigenvalue weighted by atomic mass is 10.0. The minimum Gasteiger partial charge on any atom is -0.422 e. The highest BCUT2D eigenvalue weighted by Gasteiger charge is 2.16. The fourth-order valence-corrected chi connectivity index (χ4v) is 2.91. The number of nitrogens with zero attached hydrogens (tertiary/aromatic N) is 1. The summed E-state index contributed by atoms with van der Waals surface area (Å²) in [5.41, 5.74) is 2.73. The lowest BCUT2D eigenvalue weighted by Gasteiger charge is -2.06. The average molecular weight is 408 g/mol. The summed E-state index contributed by atoms with van der Waals surface area (Å²) in [4.78, 5) is 16.4. The molecule has 0 unspecified atom stereocenters. The van der Waals surface area contributed by atoms with E-state index in [9.17, 15) is 4.79 Å². The first-order valence-corrected chi connectivity index (χ1v) is 8.75. The number of fused-ring (bicyclic) bond motifs is 1. The Hall–Kier alpha value is -1.85. The summed E-state index contributed by atoms with van der Waals surface area (Å²) in [5, 5.41) is 3.56. The van der Waals surface area contributed by atoms with Crippen LogP contribution in [0.15, 0.2) is 45.3 Å². The van der Waals surface area contributed by atoms with Crippen LogP contribution in [-0.4, -0.2) is 10.8 Å². The lowest BCUT2D eigenvalue weighted by molar-refractivity contribution is -0.121. The van der Waals surface area contributed by atoms with Crippen LogP contribution in [0.1, 0.15) is 19.4 Å². The number of para-hydroxylation sites is 1. The van der Waals surface area contributed by atoms with Gasteiger partial charge in [0.1, 0.15) is 11.3 Å². The van der Waals surface area contributed by atoms with E-state index in [0.29, 0.717) is 28.6 Å². The van der Waals surface area contributed by atoms with E-state index in [4.69, 9.17) is 16.0 Å². The van der Waals surface area contributed by atoms with Crippen molar-refractivity contribution in [1.29, 1.82) is 0 Å². The molecule has 0 bridgehead atoms. The molecule has 3 aromatic rings. The second-order valence-corrected chi connectivity index (χ2v) is 7.04. The SMILES string of the molecule is CC(C)C(=O)Cc1ccc2nc(Nc3ccccc3Br)oc2c1Cl. The predicted octanol–water partition coefficient (Wildman–Crippen LogP) is 5.75. The van der Waals surface area contributed by atoms with Crippen LogP contribution in [0.5, 0.6) is 0 Å². The van der Waals surface area contributed by atoms with Crippen LogP contribution in [0.2, 0.25) is 5.02 Å². The van der Waals surface area contributed by atoms with Gasteiger partial charge >= 0.3 is 0 Å². The molecular weight excluding hydrogens is 392 g/mol. The summed E-state index contributed by atoms with van der Waals surface area (Å²) in [6.07, 6.45) is 0.292. The van der Waals surface area contributed by atoms with E-state index in [-0.39, 0.29) is 11.7 Å². The van der Waals surface area contributed by atoms with Gasteiger partial charge in [0, 0.05) is 16.8 Å². The van der Waals surface area contributed by atoms with E-state index in [2.05, 4.69) is 26.2 Å². The van der Waals surface area contributed by atoms with Gasteiger partial charge in [-0.05, 0) is 39.7 Å². The number of carbonyl (C=O) groups is 1. The van der Waals surface area contributed by atoms with Crippen molar-refractivity contribution >= 4 is 56.1 Å². The molecule has 0 saturated heterocycles. The normalized spacial score (nSPS) is 11.2. The number of rotatable bonds is 5. The van der Waals surface area contributed by atoms with Gasteiger partial charge in [-0.2, -0.15) is 4.98 Å². The molecule has 0 atom stereocenters. The molecule has 0 saturated carbocycles. The molecule has 2 aromatic carbocycles. The number of hydrogen-bond donors (Lipinski definition) is 1. The van der Waals surface area contributed by atoms with Crippen molar-refractivity contribution in [3.8, 4) is 0 Å². The summed E-state index contributed by atoms with van der Waals surface area (Å²) in [6, 6.07) is 11.7. The smallest absolute Gasteiger partial charge is 0.300 e. The molecule has 24 heavy (non-hydrogen) atoms. The van der Waals surface area contributed by atoms with Crippen LogP contribution in [0.4, 0.5) is 11.7 Å². The summed E-state index contributed by atoms with van der Waals surface area (Å²) < 4.78 is 6.66. The average Bonchev–Trinajstić information content (AvgIpc) is 2.96. The zero-order valence-electron chi connectivity index (χ0n) is 13.3. The lowest BCUT2D eigenvalue weighted by Crippen LogP contribution is -2.10. The zero-order valence-corrected chi connectivity index (χ0v) is 15.6. The first-order valence-electron chi connectivity index (χ1n) is 7.58.